The van der Waals surface area contributed by atoms with Gasteiger partial charge in [-0.05, 0) is 29.1 Å². The number of ether oxygens (including phenoxy) is 1. The van der Waals surface area contributed by atoms with Crippen LogP contribution in [0.2, 0.25) is 0 Å². The Balaban J connectivity index is 2.09. The predicted molar refractivity (Wildman–Crippen MR) is 78.6 cm³/mol. The molecule has 0 amide bonds. The van der Waals surface area contributed by atoms with Crippen molar-refractivity contribution in [3.05, 3.63) is 60.2 Å². The fourth-order valence-electron chi connectivity index (χ4n) is 2.02. The van der Waals surface area contributed by atoms with Crippen molar-refractivity contribution in [2.24, 2.45) is 0 Å². The molecule has 2 nitrogen and oxygen atoms in total. The van der Waals surface area contributed by atoms with Gasteiger partial charge in [-0.2, -0.15) is 0 Å². The van der Waals surface area contributed by atoms with Crippen molar-refractivity contribution < 1.29 is 9.53 Å². The van der Waals surface area contributed by atoms with E-state index in [2.05, 4.69) is 18.2 Å². The van der Waals surface area contributed by atoms with Crippen molar-refractivity contribution in [1.29, 1.82) is 0 Å². The van der Waals surface area contributed by atoms with Crippen LogP contribution in [0.4, 0.5) is 0 Å². The minimum absolute atomic E-state index is 0.295. The molecule has 1 heterocycles. The monoisotopic (exact) mass is 268 g/mol. The standard InChI is InChI=1S/C16H12O2S/c1-18-16(17)13-8-7-12-9-14(19-15(12)10-13)11-5-3-2-4-6-11/h2-10H,1H3. The lowest BCUT2D eigenvalue weighted by Crippen LogP contribution is -1.99. The SMILES string of the molecule is COC(=O)c1ccc2cc(-c3ccccc3)sc2c1. The molecule has 0 spiro atoms. The quantitative estimate of drug-likeness (QED) is 0.646. The molecule has 0 aliphatic carbocycles. The Bertz CT molecular complexity index is 729. The molecule has 1 aromatic heterocycles. The number of thiophene rings is 1. The Morgan fingerprint density at radius 3 is 2.58 bits per heavy atom. The first-order valence-electron chi connectivity index (χ1n) is 5.95. The Kier molecular flexibility index (Phi) is 3.05. The van der Waals surface area contributed by atoms with Gasteiger partial charge in [0.1, 0.15) is 0 Å². The maximum Gasteiger partial charge on any atom is 0.337 e. The van der Waals surface area contributed by atoms with Gasteiger partial charge < -0.3 is 4.74 Å². The van der Waals surface area contributed by atoms with Crippen LogP contribution in [0.15, 0.2) is 54.6 Å². The molecule has 0 fully saturated rings. The van der Waals surface area contributed by atoms with Crippen LogP contribution in [0.1, 0.15) is 10.4 Å². The summed E-state index contributed by atoms with van der Waals surface area (Å²) < 4.78 is 5.84. The maximum atomic E-state index is 11.5. The molecule has 0 saturated carbocycles. The van der Waals surface area contributed by atoms with Gasteiger partial charge in [0.05, 0.1) is 12.7 Å². The highest BCUT2D eigenvalue weighted by Gasteiger charge is 2.09. The number of carbonyl (C=O) groups excluding carboxylic acids is 1. The second-order valence-electron chi connectivity index (χ2n) is 4.22. The number of rotatable bonds is 2. The van der Waals surface area contributed by atoms with Gasteiger partial charge in [0.15, 0.2) is 0 Å². The minimum atomic E-state index is -0.295. The number of benzene rings is 2. The van der Waals surface area contributed by atoms with E-state index >= 15 is 0 Å². The van der Waals surface area contributed by atoms with Crippen LogP contribution >= 0.6 is 11.3 Å². The topological polar surface area (TPSA) is 26.3 Å². The van der Waals surface area contributed by atoms with Gasteiger partial charge in [0.2, 0.25) is 0 Å². The highest BCUT2D eigenvalue weighted by molar-refractivity contribution is 7.22. The lowest BCUT2D eigenvalue weighted by atomic mass is 10.1. The van der Waals surface area contributed by atoms with Crippen molar-refractivity contribution in [3.8, 4) is 10.4 Å². The molecule has 0 bridgehead atoms. The van der Waals surface area contributed by atoms with Crippen molar-refractivity contribution in [1.82, 2.24) is 0 Å². The number of fused-ring (bicyclic) bond motifs is 1. The molecule has 19 heavy (non-hydrogen) atoms. The van der Waals surface area contributed by atoms with E-state index < -0.39 is 0 Å². The average molecular weight is 268 g/mol. The van der Waals surface area contributed by atoms with Crippen molar-refractivity contribution >= 4 is 27.4 Å². The van der Waals surface area contributed by atoms with Crippen LogP contribution in [0.5, 0.6) is 0 Å². The third-order valence-corrected chi connectivity index (χ3v) is 4.15. The van der Waals surface area contributed by atoms with E-state index in [0.29, 0.717) is 5.56 Å². The summed E-state index contributed by atoms with van der Waals surface area (Å²) in [7, 11) is 1.40. The molecule has 0 aliphatic rings. The summed E-state index contributed by atoms with van der Waals surface area (Å²) in [5.74, 6) is -0.295. The average Bonchev–Trinajstić information content (AvgIpc) is 2.90. The number of hydrogen-bond acceptors (Lipinski definition) is 3. The summed E-state index contributed by atoms with van der Waals surface area (Å²) in [6, 6.07) is 18.0. The lowest BCUT2D eigenvalue weighted by molar-refractivity contribution is 0.0601. The summed E-state index contributed by atoms with van der Waals surface area (Å²) in [6.45, 7) is 0. The summed E-state index contributed by atoms with van der Waals surface area (Å²) in [5.41, 5.74) is 1.79. The molecule has 0 radical (unpaired) electrons. The molecule has 2 aromatic carbocycles. The van der Waals surface area contributed by atoms with Gasteiger partial charge in [-0.15, -0.1) is 11.3 Å². The molecule has 94 valence electrons. The van der Waals surface area contributed by atoms with E-state index in [-0.39, 0.29) is 5.97 Å². The Morgan fingerprint density at radius 1 is 1.05 bits per heavy atom. The fraction of sp³-hybridized carbons (Fsp3) is 0.0625. The molecule has 0 atom stereocenters. The van der Waals surface area contributed by atoms with E-state index in [1.54, 1.807) is 17.4 Å². The minimum Gasteiger partial charge on any atom is -0.465 e. The van der Waals surface area contributed by atoms with Crippen molar-refractivity contribution in [3.63, 3.8) is 0 Å². The Hall–Kier alpha value is -2.13. The molecule has 3 heteroatoms. The van der Waals surface area contributed by atoms with E-state index in [9.17, 15) is 4.79 Å². The molecule has 0 saturated heterocycles. The zero-order valence-electron chi connectivity index (χ0n) is 10.4. The highest BCUT2D eigenvalue weighted by atomic mass is 32.1. The van der Waals surface area contributed by atoms with Gasteiger partial charge in [-0.1, -0.05) is 36.4 Å². The lowest BCUT2D eigenvalue weighted by Gasteiger charge is -1.97. The largest absolute Gasteiger partial charge is 0.465 e. The number of hydrogen-bond donors (Lipinski definition) is 0. The molecule has 0 unspecified atom stereocenters. The van der Waals surface area contributed by atoms with E-state index in [1.165, 1.54) is 17.6 Å². The Morgan fingerprint density at radius 2 is 1.84 bits per heavy atom. The fourth-order valence-corrected chi connectivity index (χ4v) is 3.13. The third-order valence-electron chi connectivity index (χ3n) is 3.00. The normalized spacial score (nSPS) is 10.6. The second kappa shape index (κ2) is 4.86. The number of esters is 1. The van der Waals surface area contributed by atoms with Crippen molar-refractivity contribution in [2.45, 2.75) is 0 Å². The van der Waals surface area contributed by atoms with Crippen LogP contribution in [0, 0.1) is 0 Å². The van der Waals surface area contributed by atoms with E-state index in [1.807, 2.05) is 30.3 Å². The molecular weight excluding hydrogens is 256 g/mol. The van der Waals surface area contributed by atoms with E-state index in [0.717, 1.165) is 10.1 Å². The first-order chi connectivity index (χ1) is 9.28. The summed E-state index contributed by atoms with van der Waals surface area (Å²) in [6.07, 6.45) is 0. The molecule has 3 rings (SSSR count). The molecular formula is C16H12O2S. The smallest absolute Gasteiger partial charge is 0.337 e. The first-order valence-corrected chi connectivity index (χ1v) is 6.77. The van der Waals surface area contributed by atoms with Gasteiger partial charge >= 0.3 is 5.97 Å². The summed E-state index contributed by atoms with van der Waals surface area (Å²) >= 11 is 1.68. The molecule has 0 N–H and O–H groups in total. The van der Waals surface area contributed by atoms with Gasteiger partial charge in [-0.3, -0.25) is 0 Å². The number of carbonyl (C=O) groups is 1. The Labute approximate surface area is 115 Å². The highest BCUT2D eigenvalue weighted by Crippen LogP contribution is 2.33. The van der Waals surface area contributed by atoms with E-state index in [4.69, 9.17) is 4.74 Å². The first kappa shape index (κ1) is 11.9. The van der Waals surface area contributed by atoms with Gasteiger partial charge in [0.25, 0.3) is 0 Å². The molecule has 3 aromatic rings. The van der Waals surface area contributed by atoms with Crippen LogP contribution in [0.3, 0.4) is 0 Å². The molecule has 0 aliphatic heterocycles. The maximum absolute atomic E-state index is 11.5. The number of methoxy groups -OCH3 is 1. The van der Waals surface area contributed by atoms with Crippen LogP contribution in [0.25, 0.3) is 20.5 Å². The van der Waals surface area contributed by atoms with Crippen LogP contribution in [-0.4, -0.2) is 13.1 Å². The third kappa shape index (κ3) is 2.25. The van der Waals surface area contributed by atoms with Crippen LogP contribution in [-0.2, 0) is 4.74 Å². The zero-order chi connectivity index (χ0) is 13.2. The van der Waals surface area contributed by atoms with Crippen molar-refractivity contribution in [2.75, 3.05) is 7.11 Å². The second-order valence-corrected chi connectivity index (χ2v) is 5.30. The van der Waals surface area contributed by atoms with Crippen LogP contribution < -0.4 is 0 Å². The summed E-state index contributed by atoms with van der Waals surface area (Å²) in [5, 5.41) is 1.15. The van der Waals surface area contributed by atoms with Gasteiger partial charge in [0, 0.05) is 9.58 Å². The van der Waals surface area contributed by atoms with Gasteiger partial charge in [-0.25, -0.2) is 4.79 Å². The predicted octanol–water partition coefficient (Wildman–Crippen LogP) is 4.35. The summed E-state index contributed by atoms with van der Waals surface area (Å²) in [4.78, 5) is 12.7. The zero-order valence-corrected chi connectivity index (χ0v) is 11.2.